The van der Waals surface area contributed by atoms with E-state index in [1.54, 1.807) is 6.92 Å². The number of non-ortho nitro benzene ring substituents is 1. The molecule has 0 saturated heterocycles. The predicted octanol–water partition coefficient (Wildman–Crippen LogP) is 2.71. The molecule has 0 radical (unpaired) electrons. The zero-order chi connectivity index (χ0) is 10.9. The molecule has 0 heterocycles. The monoisotopic (exact) mass is 305 g/mol. The van der Waals surface area contributed by atoms with Crippen molar-refractivity contribution in [2.75, 3.05) is 0 Å². The van der Waals surface area contributed by atoms with Crippen molar-refractivity contribution in [3.05, 3.63) is 36.9 Å². The summed E-state index contributed by atoms with van der Waals surface area (Å²) in [7, 11) is 0. The van der Waals surface area contributed by atoms with E-state index in [0.717, 1.165) is 9.13 Å². The third-order valence-corrected chi connectivity index (χ3v) is 3.26. The Hall–Kier alpha value is -0.980. The summed E-state index contributed by atoms with van der Waals surface area (Å²) in [6.07, 6.45) is 0. The molecule has 0 atom stereocenters. The summed E-state index contributed by atoms with van der Waals surface area (Å²) in [5.74, 6) is -0.152. The molecule has 0 fully saturated rings. The predicted molar refractivity (Wildman–Crippen MR) is 60.6 cm³/mol. The number of nitro benzene ring substituents is 1. The van der Waals surface area contributed by atoms with Crippen LogP contribution in [-0.2, 0) is 0 Å². The minimum atomic E-state index is -0.491. The van der Waals surface area contributed by atoms with Gasteiger partial charge in [0.25, 0.3) is 5.69 Å². The van der Waals surface area contributed by atoms with Gasteiger partial charge in [-0.25, -0.2) is 0 Å². The zero-order valence-corrected chi connectivity index (χ0v) is 9.86. The van der Waals surface area contributed by atoms with Gasteiger partial charge in [0.1, 0.15) is 0 Å². The van der Waals surface area contributed by atoms with Crippen molar-refractivity contribution in [2.45, 2.75) is 13.8 Å². The highest BCUT2D eigenvalue weighted by atomic mass is 127. The second-order valence-corrected chi connectivity index (χ2v) is 4.02. The Bertz CT molecular complexity index is 415. The van der Waals surface area contributed by atoms with Crippen LogP contribution in [0.1, 0.15) is 22.8 Å². The molecule has 1 rings (SSSR count). The van der Waals surface area contributed by atoms with E-state index in [1.807, 2.05) is 22.6 Å². The minimum absolute atomic E-state index is 0.0342. The van der Waals surface area contributed by atoms with Crippen LogP contribution in [0.15, 0.2) is 12.1 Å². The molecule has 0 aliphatic heterocycles. The summed E-state index contributed by atoms with van der Waals surface area (Å²) in [6.45, 7) is 3.15. The Kier molecular flexibility index (Phi) is 3.20. The second kappa shape index (κ2) is 4.04. The van der Waals surface area contributed by atoms with E-state index < -0.39 is 4.92 Å². The summed E-state index contributed by atoms with van der Waals surface area (Å²) < 4.78 is 0.778. The highest BCUT2D eigenvalue weighted by Crippen LogP contribution is 2.23. The van der Waals surface area contributed by atoms with Gasteiger partial charge >= 0.3 is 0 Å². The largest absolute Gasteiger partial charge is 0.294 e. The van der Waals surface area contributed by atoms with Crippen molar-refractivity contribution in [3.8, 4) is 0 Å². The summed E-state index contributed by atoms with van der Waals surface area (Å²) in [6, 6.07) is 2.78. The number of nitrogens with zero attached hydrogens (tertiary/aromatic N) is 1. The third-order valence-electron chi connectivity index (χ3n) is 1.83. The molecule has 0 bridgehead atoms. The molecule has 0 saturated carbocycles. The fourth-order valence-electron chi connectivity index (χ4n) is 1.11. The lowest BCUT2D eigenvalue weighted by Gasteiger charge is -2.03. The Balaban J connectivity index is 3.43. The lowest BCUT2D eigenvalue weighted by molar-refractivity contribution is -0.384. The van der Waals surface area contributed by atoms with Gasteiger partial charge in [0.15, 0.2) is 5.78 Å². The quantitative estimate of drug-likeness (QED) is 0.365. The molecular formula is C9H8INO3. The molecule has 0 unspecified atom stereocenters. The van der Waals surface area contributed by atoms with Gasteiger partial charge in [-0.15, -0.1) is 0 Å². The van der Waals surface area contributed by atoms with Crippen molar-refractivity contribution >= 4 is 34.1 Å². The number of rotatable bonds is 2. The van der Waals surface area contributed by atoms with Crippen LogP contribution < -0.4 is 0 Å². The van der Waals surface area contributed by atoms with Crippen molar-refractivity contribution < 1.29 is 9.72 Å². The number of halogens is 1. The first kappa shape index (κ1) is 11.1. The number of benzene rings is 1. The molecule has 0 N–H and O–H groups in total. The summed E-state index contributed by atoms with van der Waals surface area (Å²) >= 11 is 2.02. The zero-order valence-electron chi connectivity index (χ0n) is 7.70. The number of carbonyl (C=O) groups excluding carboxylic acids is 1. The molecule has 0 amide bonds. The Morgan fingerprint density at radius 2 is 2.07 bits per heavy atom. The molecule has 4 nitrogen and oxygen atoms in total. The molecule has 14 heavy (non-hydrogen) atoms. The highest BCUT2D eigenvalue weighted by molar-refractivity contribution is 14.1. The minimum Gasteiger partial charge on any atom is -0.294 e. The van der Waals surface area contributed by atoms with Crippen molar-refractivity contribution in [2.24, 2.45) is 0 Å². The van der Waals surface area contributed by atoms with Gasteiger partial charge in [0.2, 0.25) is 0 Å². The number of nitro groups is 1. The molecule has 5 heteroatoms. The third kappa shape index (κ3) is 2.09. The first-order valence-corrected chi connectivity index (χ1v) is 4.97. The number of carbonyl (C=O) groups is 1. The lowest BCUT2D eigenvalue weighted by atomic mass is 10.1. The number of hydrogen-bond donors (Lipinski definition) is 0. The molecule has 74 valence electrons. The SMILES string of the molecule is CC(=O)c1cc([N+](=O)[O-])cc(C)c1I. The number of hydrogen-bond acceptors (Lipinski definition) is 3. The van der Waals surface area contributed by atoms with Crippen LogP contribution in [0.2, 0.25) is 0 Å². The Morgan fingerprint density at radius 3 is 2.50 bits per heavy atom. The van der Waals surface area contributed by atoms with E-state index in [9.17, 15) is 14.9 Å². The van der Waals surface area contributed by atoms with Crippen molar-refractivity contribution in [3.63, 3.8) is 0 Å². The second-order valence-electron chi connectivity index (χ2n) is 2.94. The fourth-order valence-corrected chi connectivity index (χ4v) is 1.80. The van der Waals surface area contributed by atoms with Gasteiger partial charge in [0.05, 0.1) is 4.92 Å². The molecule has 1 aromatic carbocycles. The Morgan fingerprint density at radius 1 is 1.50 bits per heavy atom. The van der Waals surface area contributed by atoms with Crippen LogP contribution in [0.25, 0.3) is 0 Å². The van der Waals surface area contributed by atoms with Crippen LogP contribution in [0.3, 0.4) is 0 Å². The first-order valence-electron chi connectivity index (χ1n) is 3.89. The van der Waals surface area contributed by atoms with E-state index in [1.165, 1.54) is 19.1 Å². The van der Waals surface area contributed by atoms with E-state index in [4.69, 9.17) is 0 Å². The lowest BCUT2D eigenvalue weighted by Crippen LogP contribution is -2.00. The van der Waals surface area contributed by atoms with E-state index in [2.05, 4.69) is 0 Å². The average Bonchev–Trinajstić information content (AvgIpc) is 2.08. The van der Waals surface area contributed by atoms with Crippen LogP contribution in [-0.4, -0.2) is 10.7 Å². The molecule has 1 aromatic rings. The van der Waals surface area contributed by atoms with Gasteiger partial charge in [0, 0.05) is 21.3 Å². The van der Waals surface area contributed by atoms with Gasteiger partial charge in [-0.2, -0.15) is 0 Å². The van der Waals surface area contributed by atoms with Crippen molar-refractivity contribution in [1.82, 2.24) is 0 Å². The summed E-state index contributed by atoms with van der Waals surface area (Å²) in [5, 5.41) is 10.5. The fraction of sp³-hybridized carbons (Fsp3) is 0.222. The molecule has 0 aromatic heterocycles. The van der Waals surface area contributed by atoms with Crippen LogP contribution >= 0.6 is 22.6 Å². The number of Topliss-reactive ketones (excluding diaryl/α,β-unsaturated/α-hetero) is 1. The summed E-state index contributed by atoms with van der Waals surface area (Å²) in [5.41, 5.74) is 1.13. The van der Waals surface area contributed by atoms with Gasteiger partial charge in [-0.3, -0.25) is 14.9 Å². The van der Waals surface area contributed by atoms with E-state index in [0.29, 0.717) is 5.56 Å². The standard InChI is InChI=1S/C9H8INO3/c1-5-3-7(11(13)14)4-8(6(2)12)9(5)10/h3-4H,1-2H3. The maximum Gasteiger partial charge on any atom is 0.270 e. The molecular weight excluding hydrogens is 297 g/mol. The highest BCUT2D eigenvalue weighted by Gasteiger charge is 2.14. The maximum absolute atomic E-state index is 11.2. The first-order chi connectivity index (χ1) is 6.43. The van der Waals surface area contributed by atoms with Gasteiger partial charge in [-0.05, 0) is 42.0 Å². The topological polar surface area (TPSA) is 60.2 Å². The van der Waals surface area contributed by atoms with Crippen LogP contribution in [0.4, 0.5) is 5.69 Å². The maximum atomic E-state index is 11.2. The van der Waals surface area contributed by atoms with Crippen LogP contribution in [0, 0.1) is 20.6 Å². The summed E-state index contributed by atoms with van der Waals surface area (Å²) in [4.78, 5) is 21.2. The normalized spacial score (nSPS) is 9.93. The van der Waals surface area contributed by atoms with E-state index >= 15 is 0 Å². The molecule has 0 aliphatic rings. The number of ketones is 1. The molecule has 0 aliphatic carbocycles. The smallest absolute Gasteiger partial charge is 0.270 e. The van der Waals surface area contributed by atoms with Crippen LogP contribution in [0.5, 0.6) is 0 Å². The van der Waals surface area contributed by atoms with Gasteiger partial charge in [-0.1, -0.05) is 0 Å². The number of aryl methyl sites for hydroxylation is 1. The Labute approximate surface area is 94.6 Å². The van der Waals surface area contributed by atoms with Gasteiger partial charge < -0.3 is 0 Å². The van der Waals surface area contributed by atoms with Crippen molar-refractivity contribution in [1.29, 1.82) is 0 Å². The van der Waals surface area contributed by atoms with E-state index in [-0.39, 0.29) is 11.5 Å². The molecule has 0 spiro atoms. The average molecular weight is 305 g/mol.